The van der Waals surface area contributed by atoms with Crippen LogP contribution in [-0.2, 0) is 55.8 Å². The third-order valence-electron chi connectivity index (χ3n) is 21.4. The van der Waals surface area contributed by atoms with Crippen LogP contribution in [-0.4, -0.2) is 95.9 Å². The van der Waals surface area contributed by atoms with Crippen LogP contribution in [0.5, 0.6) is 0 Å². The first-order chi connectivity index (χ1) is 61.2. The van der Waals surface area contributed by atoms with Gasteiger partial charge in [0.05, 0.1) is 26.4 Å². The van der Waals surface area contributed by atoms with E-state index in [-0.39, 0.29) is 19.3 Å². The second kappa shape index (κ2) is 98.0. The molecule has 0 amide bonds. The van der Waals surface area contributed by atoms with Crippen molar-refractivity contribution in [1.29, 1.82) is 0 Å². The topological polar surface area (TPSA) is 231 Å². The first kappa shape index (κ1) is 120. The Hall–Kier alpha value is -5.09. The van der Waals surface area contributed by atoms with Crippen molar-refractivity contribution in [2.75, 3.05) is 39.6 Å². The van der Waals surface area contributed by atoms with E-state index in [2.05, 4.69) is 191 Å². The Balaban J connectivity index is 4.48. The van der Waals surface area contributed by atoms with Crippen LogP contribution in [0.15, 0.2) is 170 Å². The van der Waals surface area contributed by atoms with Crippen molar-refractivity contribution in [2.45, 2.75) is 450 Å². The number of esters is 3. The largest absolute Gasteiger partial charge is 0.472 e. The van der Waals surface area contributed by atoms with Gasteiger partial charge in [0.15, 0.2) is 6.10 Å². The Morgan fingerprint density at radius 2 is 0.424 bits per heavy atom. The van der Waals surface area contributed by atoms with Gasteiger partial charge in [-0.15, -0.1) is 0 Å². The molecule has 718 valence electrons. The highest BCUT2D eigenvalue weighted by molar-refractivity contribution is 7.47. The second-order valence-corrected chi connectivity index (χ2v) is 36.4. The number of hydrogen-bond acceptors (Lipinski definition) is 14. The zero-order valence-electron chi connectivity index (χ0n) is 79.5. The molecule has 0 aliphatic rings. The number of ether oxygens (including phenoxy) is 3. The third kappa shape index (κ3) is 99.3. The summed E-state index contributed by atoms with van der Waals surface area (Å²) in [5.41, 5.74) is 0. The summed E-state index contributed by atoms with van der Waals surface area (Å²) >= 11 is 0. The van der Waals surface area contributed by atoms with E-state index in [4.69, 9.17) is 32.3 Å². The summed E-state index contributed by atoms with van der Waals surface area (Å²) in [6.45, 7) is 2.45. The summed E-state index contributed by atoms with van der Waals surface area (Å²) in [6, 6.07) is 0. The zero-order chi connectivity index (χ0) is 90.7. The molecule has 0 saturated heterocycles. The highest BCUT2D eigenvalue weighted by Gasteiger charge is 2.30. The van der Waals surface area contributed by atoms with Gasteiger partial charge < -0.3 is 34.2 Å². The van der Waals surface area contributed by atoms with Gasteiger partial charge in [0.25, 0.3) is 0 Å². The van der Waals surface area contributed by atoms with Gasteiger partial charge in [0.1, 0.15) is 25.4 Å². The van der Waals surface area contributed by atoms with Gasteiger partial charge in [-0.1, -0.05) is 428 Å². The van der Waals surface area contributed by atoms with Crippen LogP contribution in [0.3, 0.4) is 0 Å². The first-order valence-electron chi connectivity index (χ1n) is 50.4. The minimum Gasteiger partial charge on any atom is -0.463 e. The lowest BCUT2D eigenvalue weighted by atomic mass is 10.0. The summed E-state index contributed by atoms with van der Waals surface area (Å²) in [7, 11) is -9.82. The average Bonchev–Trinajstić information content (AvgIpc) is 0.893. The van der Waals surface area contributed by atoms with Gasteiger partial charge in [-0.2, -0.15) is 0 Å². The van der Waals surface area contributed by atoms with Gasteiger partial charge in [0.2, 0.25) is 0 Å². The molecule has 0 aromatic rings. The Labute approximate surface area is 764 Å². The third-order valence-corrected chi connectivity index (χ3v) is 23.3. The Morgan fingerprint density at radius 3 is 0.680 bits per heavy atom. The van der Waals surface area contributed by atoms with Gasteiger partial charge in [-0.05, 0) is 154 Å². The zero-order valence-corrected chi connectivity index (χ0v) is 81.3. The molecule has 0 bridgehead atoms. The van der Waals surface area contributed by atoms with E-state index in [1.54, 1.807) is 0 Å². The molecule has 5 atom stereocenters. The predicted molar refractivity (Wildman–Crippen MR) is 528 cm³/mol. The van der Waals surface area contributed by atoms with E-state index in [1.807, 2.05) is 0 Å². The average molecular weight is 1790 g/mol. The summed E-state index contributed by atoms with van der Waals surface area (Å²) < 4.78 is 61.6. The lowest BCUT2D eigenvalue weighted by molar-refractivity contribution is -0.161. The molecule has 18 heteroatoms. The molecular weight excluding hydrogens is 1600 g/mol. The highest BCUT2D eigenvalue weighted by atomic mass is 31.2. The van der Waals surface area contributed by atoms with Crippen LogP contribution in [0.1, 0.15) is 432 Å². The van der Waals surface area contributed by atoms with Crippen LogP contribution < -0.4 is 0 Å². The summed E-state index contributed by atoms with van der Waals surface area (Å²) in [6.07, 6.45) is 129. The number of aliphatic hydroxyl groups is 2. The standard InChI is InChI=1S/C107H184O16P2/c1-4-7-10-13-16-19-22-25-28-31-34-36-38-40-42-44-46-48-50-52-54-56-58-60-62-64-67-69-72-75-78-81-84-87-90-93-105(110)117-96-102(108)97-119-124(113,114)120-98-103(109)99-121-125(115,116)122-101-104(123-107(112)95-92-89-86-83-80-77-74-71-66-33-30-27-24-21-18-15-12-9-6-3)100-118-106(111)94-91-88-85-82-79-76-73-70-68-65-63-61-59-57-55-53-51-49-47-45-43-41-39-37-35-32-29-26-23-20-17-14-11-8-5-2/h7,9-10,12,16-21,25-30,34-37,40-43,66,71,77,80,102-104,108-109H,4-6,8,11,13-15,22-24,31-33,38-39,44-65,67-70,72-76,78-79,81-101H2,1-3H3,(H,113,114)(H,115,116)/b10-7-,12-9-,19-16-,20-17-,21-18-,28-25-,29-26-,30-27-,36-34-,37-35-,42-40-,43-41-,71-66-,80-77-. The summed E-state index contributed by atoms with van der Waals surface area (Å²) in [5.74, 6) is -1.60. The number of rotatable bonds is 95. The van der Waals surface area contributed by atoms with Crippen LogP contribution in [0, 0.1) is 0 Å². The van der Waals surface area contributed by atoms with Crippen molar-refractivity contribution in [3.05, 3.63) is 170 Å². The van der Waals surface area contributed by atoms with E-state index in [9.17, 15) is 43.5 Å². The van der Waals surface area contributed by atoms with E-state index >= 15 is 0 Å². The van der Waals surface area contributed by atoms with Crippen molar-refractivity contribution >= 4 is 33.6 Å². The van der Waals surface area contributed by atoms with Crippen molar-refractivity contribution in [2.24, 2.45) is 0 Å². The van der Waals surface area contributed by atoms with Crippen LogP contribution >= 0.6 is 15.6 Å². The monoisotopic (exact) mass is 1790 g/mol. The number of phosphoric ester groups is 2. The molecule has 0 aromatic carbocycles. The smallest absolute Gasteiger partial charge is 0.463 e. The van der Waals surface area contributed by atoms with Crippen molar-refractivity contribution in [3.8, 4) is 0 Å². The molecule has 0 radical (unpaired) electrons. The molecule has 125 heavy (non-hydrogen) atoms. The van der Waals surface area contributed by atoms with E-state index in [0.29, 0.717) is 19.3 Å². The number of phosphoric acid groups is 2. The first-order valence-corrected chi connectivity index (χ1v) is 53.4. The lowest BCUT2D eigenvalue weighted by Gasteiger charge is -2.21. The van der Waals surface area contributed by atoms with Crippen LogP contribution in [0.2, 0.25) is 0 Å². The molecule has 5 unspecified atom stereocenters. The summed E-state index contributed by atoms with van der Waals surface area (Å²) in [5, 5.41) is 20.8. The molecule has 0 rings (SSSR count). The van der Waals surface area contributed by atoms with Gasteiger partial charge >= 0.3 is 33.6 Å². The number of hydrogen-bond donors (Lipinski definition) is 4. The maximum absolute atomic E-state index is 13.1. The summed E-state index contributed by atoms with van der Waals surface area (Å²) in [4.78, 5) is 59.1. The fraction of sp³-hybridized carbons (Fsp3) is 0.710. The van der Waals surface area contributed by atoms with Crippen molar-refractivity contribution < 1.29 is 75.8 Å². The molecule has 0 heterocycles. The van der Waals surface area contributed by atoms with Crippen molar-refractivity contribution in [3.63, 3.8) is 0 Å². The minimum absolute atomic E-state index is 0.0636. The Morgan fingerprint density at radius 1 is 0.232 bits per heavy atom. The fourth-order valence-electron chi connectivity index (χ4n) is 13.8. The molecular formula is C107H184O16P2. The quantitative estimate of drug-likeness (QED) is 0.0146. The number of carbonyl (C=O) groups excluding carboxylic acids is 3. The van der Waals surface area contributed by atoms with Gasteiger partial charge in [-0.25, -0.2) is 9.13 Å². The minimum atomic E-state index is -4.95. The highest BCUT2D eigenvalue weighted by Crippen LogP contribution is 2.45. The molecule has 4 N–H and O–H groups in total. The number of carbonyl (C=O) groups is 3. The maximum Gasteiger partial charge on any atom is 0.472 e. The van der Waals surface area contributed by atoms with Crippen LogP contribution in [0.25, 0.3) is 0 Å². The number of allylic oxidation sites excluding steroid dienone is 28. The number of aliphatic hydroxyl groups excluding tert-OH is 2. The molecule has 16 nitrogen and oxygen atoms in total. The SMILES string of the molecule is CC/C=C\C/C=C\C/C=C\C/C=C\C/C=C\CCCCCCCCCCCCCCCCCCCCCC(=O)OCC(O)COP(=O)(O)OCC(O)COP(=O)(O)OCC(COC(=O)CCCCCCCCCCCCCCCCCCCCC/C=C\C/C=C\C/C=C\C/C=C\CCCCC)OC(=O)CCCCC/C=C\C/C=C\C/C=C\C/C=C\C/C=C\CC. The van der Waals surface area contributed by atoms with Crippen LogP contribution in [0.4, 0.5) is 0 Å². The van der Waals surface area contributed by atoms with E-state index in [0.717, 1.165) is 141 Å². The second-order valence-electron chi connectivity index (χ2n) is 33.5. The molecule has 0 saturated carbocycles. The molecule has 0 aliphatic carbocycles. The molecule has 0 aliphatic heterocycles. The number of unbranched alkanes of at least 4 members (excludes halogenated alkanes) is 44. The van der Waals surface area contributed by atoms with E-state index < -0.39 is 91.5 Å². The predicted octanol–water partition coefficient (Wildman–Crippen LogP) is 31.8. The lowest BCUT2D eigenvalue weighted by Crippen LogP contribution is -2.30. The molecule has 0 aromatic heterocycles. The fourth-order valence-corrected chi connectivity index (χ4v) is 15.4. The molecule has 0 fully saturated rings. The van der Waals surface area contributed by atoms with E-state index in [1.165, 1.54) is 231 Å². The Kier molecular flexibility index (Phi) is 94.0. The normalized spacial score (nSPS) is 14.4. The van der Waals surface area contributed by atoms with Gasteiger partial charge in [-0.3, -0.25) is 32.5 Å². The molecule has 0 spiro atoms. The van der Waals surface area contributed by atoms with Crippen molar-refractivity contribution in [1.82, 2.24) is 0 Å². The van der Waals surface area contributed by atoms with Gasteiger partial charge in [0, 0.05) is 19.3 Å². The maximum atomic E-state index is 13.1. The Bertz CT molecular complexity index is 2950.